The molecule has 2 aromatic heterocycles. The number of rotatable bonds is 4. The minimum atomic E-state index is -0.445. The highest BCUT2D eigenvalue weighted by Crippen LogP contribution is 2.28. The van der Waals surface area contributed by atoms with Crippen molar-refractivity contribution in [1.29, 1.82) is 0 Å². The van der Waals surface area contributed by atoms with Crippen LogP contribution in [0.2, 0.25) is 0 Å². The predicted molar refractivity (Wildman–Crippen MR) is 105 cm³/mol. The van der Waals surface area contributed by atoms with Crippen LogP contribution in [0, 0.1) is 0 Å². The number of benzene rings is 2. The van der Waals surface area contributed by atoms with Crippen LogP contribution in [-0.2, 0) is 23.1 Å². The average molecular weight is 361 g/mol. The lowest BCUT2D eigenvalue weighted by Crippen LogP contribution is -2.28. The molecule has 27 heavy (non-hydrogen) atoms. The summed E-state index contributed by atoms with van der Waals surface area (Å²) in [6, 6.07) is 15.2. The third kappa shape index (κ3) is 2.89. The molecule has 0 amide bonds. The zero-order valence-corrected chi connectivity index (χ0v) is 15.2. The molecule has 6 nitrogen and oxygen atoms in total. The van der Waals surface area contributed by atoms with Crippen molar-refractivity contribution in [2.24, 2.45) is 7.05 Å². The number of fused-ring (bicyclic) bond motifs is 2. The zero-order chi connectivity index (χ0) is 19.0. The lowest BCUT2D eigenvalue weighted by molar-refractivity contribution is -0.143. The van der Waals surface area contributed by atoms with Crippen LogP contribution in [0.5, 0.6) is 0 Å². The second-order valence-corrected chi connectivity index (χ2v) is 6.32. The first kappa shape index (κ1) is 17.0. The summed E-state index contributed by atoms with van der Waals surface area (Å²) < 4.78 is 8.46. The van der Waals surface area contributed by atoms with Gasteiger partial charge in [-0.15, -0.1) is 0 Å². The van der Waals surface area contributed by atoms with E-state index in [1.54, 1.807) is 13.0 Å². The highest BCUT2D eigenvalue weighted by atomic mass is 16.5. The Morgan fingerprint density at radius 2 is 1.78 bits per heavy atom. The van der Waals surface area contributed by atoms with Crippen LogP contribution >= 0.6 is 0 Å². The van der Waals surface area contributed by atoms with Gasteiger partial charge in [-0.05, 0) is 25.1 Å². The molecule has 0 radical (unpaired) electrons. The van der Waals surface area contributed by atoms with Crippen LogP contribution in [0.3, 0.4) is 0 Å². The topological polar surface area (TPSA) is 66.1 Å². The number of carbonyl (C=O) groups is 1. The first-order chi connectivity index (χ1) is 13.1. The molecule has 0 saturated heterocycles. The van der Waals surface area contributed by atoms with Crippen LogP contribution in [0.1, 0.15) is 6.92 Å². The molecule has 4 rings (SSSR count). The molecule has 0 aliphatic heterocycles. The lowest BCUT2D eigenvalue weighted by atomic mass is 10.1. The average Bonchev–Trinajstić information content (AvgIpc) is 3.01. The Labute approximate surface area is 155 Å². The van der Waals surface area contributed by atoms with Crippen molar-refractivity contribution in [2.75, 3.05) is 6.61 Å². The standard InChI is InChI=1S/C21H19N3O3/c1-3-27-19(25)13-24-18-11-7-5-9-16(18)22-20(21(24)26)15-12-23(2)17-10-6-4-8-14(15)17/h4-12H,3,13H2,1-2H3. The molecule has 4 aromatic rings. The van der Waals surface area contributed by atoms with Crippen molar-refractivity contribution in [3.8, 4) is 11.3 Å². The van der Waals surface area contributed by atoms with E-state index in [2.05, 4.69) is 4.98 Å². The normalized spacial score (nSPS) is 11.2. The van der Waals surface area contributed by atoms with E-state index in [0.29, 0.717) is 16.7 Å². The quantitative estimate of drug-likeness (QED) is 0.524. The largest absolute Gasteiger partial charge is 0.465 e. The number of hydrogen-bond donors (Lipinski definition) is 0. The Morgan fingerprint density at radius 1 is 1.07 bits per heavy atom. The van der Waals surface area contributed by atoms with Gasteiger partial charge in [0.05, 0.1) is 17.6 Å². The Morgan fingerprint density at radius 3 is 2.56 bits per heavy atom. The third-order valence-corrected chi connectivity index (χ3v) is 4.60. The Kier molecular flexibility index (Phi) is 4.24. The van der Waals surface area contributed by atoms with Crippen molar-refractivity contribution in [3.05, 3.63) is 65.1 Å². The molecule has 136 valence electrons. The van der Waals surface area contributed by atoms with E-state index in [0.717, 1.165) is 16.5 Å². The van der Waals surface area contributed by atoms with Crippen molar-refractivity contribution in [2.45, 2.75) is 13.5 Å². The molecular weight excluding hydrogens is 342 g/mol. The van der Waals surface area contributed by atoms with Crippen molar-refractivity contribution in [3.63, 3.8) is 0 Å². The molecule has 0 N–H and O–H groups in total. The van der Waals surface area contributed by atoms with Crippen molar-refractivity contribution < 1.29 is 9.53 Å². The second-order valence-electron chi connectivity index (χ2n) is 6.32. The Hall–Kier alpha value is -3.41. The molecule has 2 heterocycles. The van der Waals surface area contributed by atoms with Gasteiger partial charge < -0.3 is 9.30 Å². The Balaban J connectivity index is 2.00. The van der Waals surface area contributed by atoms with Gasteiger partial charge in [0.25, 0.3) is 5.56 Å². The van der Waals surface area contributed by atoms with E-state index >= 15 is 0 Å². The summed E-state index contributed by atoms with van der Waals surface area (Å²) in [4.78, 5) is 29.9. The fourth-order valence-electron chi connectivity index (χ4n) is 3.39. The number of hydrogen-bond acceptors (Lipinski definition) is 4. The number of esters is 1. The van der Waals surface area contributed by atoms with E-state index in [1.807, 2.05) is 60.3 Å². The molecule has 0 aliphatic carbocycles. The predicted octanol–water partition coefficient (Wildman–Crippen LogP) is 3.12. The fourth-order valence-corrected chi connectivity index (χ4v) is 3.39. The van der Waals surface area contributed by atoms with Gasteiger partial charge in [-0.3, -0.25) is 14.2 Å². The van der Waals surface area contributed by atoms with Crippen LogP contribution in [0.25, 0.3) is 33.2 Å². The van der Waals surface area contributed by atoms with Gasteiger partial charge >= 0.3 is 5.97 Å². The molecular formula is C21H19N3O3. The number of ether oxygens (including phenoxy) is 1. The molecule has 0 spiro atoms. The minimum Gasteiger partial charge on any atom is -0.465 e. The van der Waals surface area contributed by atoms with Crippen LogP contribution in [-0.4, -0.2) is 26.7 Å². The van der Waals surface area contributed by atoms with Gasteiger partial charge in [0.15, 0.2) is 0 Å². The van der Waals surface area contributed by atoms with Crippen LogP contribution < -0.4 is 5.56 Å². The summed E-state index contributed by atoms with van der Waals surface area (Å²) in [5.74, 6) is -0.445. The van der Waals surface area contributed by atoms with Gasteiger partial charge in [0, 0.05) is 29.7 Å². The molecule has 0 unspecified atom stereocenters. The molecule has 0 atom stereocenters. The SMILES string of the molecule is CCOC(=O)Cn1c(=O)c(-c2cn(C)c3ccccc23)nc2ccccc21. The van der Waals surface area contributed by atoms with Crippen molar-refractivity contribution >= 4 is 27.9 Å². The number of carbonyl (C=O) groups excluding carboxylic acids is 1. The van der Waals surface area contributed by atoms with E-state index in [9.17, 15) is 9.59 Å². The smallest absolute Gasteiger partial charge is 0.326 e. The maximum atomic E-state index is 13.3. The Bertz CT molecular complexity index is 1220. The number of aromatic nitrogens is 3. The van der Waals surface area contributed by atoms with E-state index in [4.69, 9.17) is 4.74 Å². The van der Waals surface area contributed by atoms with Crippen molar-refractivity contribution in [1.82, 2.24) is 14.1 Å². The number of aryl methyl sites for hydroxylation is 1. The molecule has 0 saturated carbocycles. The highest BCUT2D eigenvalue weighted by Gasteiger charge is 2.18. The third-order valence-electron chi connectivity index (χ3n) is 4.60. The van der Waals surface area contributed by atoms with Gasteiger partial charge in [-0.1, -0.05) is 30.3 Å². The lowest BCUT2D eigenvalue weighted by Gasteiger charge is -2.11. The molecule has 0 bridgehead atoms. The summed E-state index contributed by atoms with van der Waals surface area (Å²) in [6.45, 7) is 1.87. The summed E-state index contributed by atoms with van der Waals surface area (Å²) in [5, 5.41) is 0.947. The molecule has 0 aliphatic rings. The first-order valence-electron chi connectivity index (χ1n) is 8.79. The first-order valence-corrected chi connectivity index (χ1v) is 8.79. The van der Waals surface area contributed by atoms with Gasteiger partial charge in [-0.2, -0.15) is 0 Å². The second kappa shape index (κ2) is 6.72. The maximum Gasteiger partial charge on any atom is 0.326 e. The van der Waals surface area contributed by atoms with Gasteiger partial charge in [0.1, 0.15) is 12.2 Å². The van der Waals surface area contributed by atoms with E-state index < -0.39 is 5.97 Å². The highest BCUT2D eigenvalue weighted by molar-refractivity contribution is 5.96. The fraction of sp³-hybridized carbons (Fsp3) is 0.190. The monoisotopic (exact) mass is 361 g/mol. The molecule has 2 aromatic carbocycles. The van der Waals surface area contributed by atoms with E-state index in [-0.39, 0.29) is 18.7 Å². The van der Waals surface area contributed by atoms with Crippen LogP contribution in [0.4, 0.5) is 0 Å². The number of nitrogens with zero attached hydrogens (tertiary/aromatic N) is 3. The minimum absolute atomic E-state index is 0.145. The summed E-state index contributed by atoms with van der Waals surface area (Å²) in [6.07, 6.45) is 1.90. The molecule has 6 heteroatoms. The zero-order valence-electron chi connectivity index (χ0n) is 15.2. The summed E-state index contributed by atoms with van der Waals surface area (Å²) >= 11 is 0. The maximum absolute atomic E-state index is 13.3. The summed E-state index contributed by atoms with van der Waals surface area (Å²) in [5.41, 5.74) is 3.05. The van der Waals surface area contributed by atoms with Gasteiger partial charge in [-0.25, -0.2) is 4.98 Å². The van der Waals surface area contributed by atoms with Crippen LogP contribution in [0.15, 0.2) is 59.5 Å². The van der Waals surface area contributed by atoms with Gasteiger partial charge in [0.2, 0.25) is 0 Å². The number of para-hydroxylation sites is 3. The summed E-state index contributed by atoms with van der Waals surface area (Å²) in [7, 11) is 1.93. The van der Waals surface area contributed by atoms with E-state index in [1.165, 1.54) is 4.57 Å². The molecule has 0 fully saturated rings.